The summed E-state index contributed by atoms with van der Waals surface area (Å²) in [6.45, 7) is 0. The molecule has 0 unspecified atom stereocenters. The van der Waals surface area contributed by atoms with Crippen LogP contribution in [0.25, 0.3) is 0 Å². The molecule has 0 bridgehead atoms. The Labute approximate surface area is 77.5 Å². The molecule has 0 fully saturated rings. The molecule has 0 aliphatic rings. The number of rotatable bonds is 1. The van der Waals surface area contributed by atoms with Gasteiger partial charge in [0.1, 0.15) is 15.8 Å². The highest BCUT2D eigenvalue weighted by atomic mass is 35.5. The third-order valence-corrected chi connectivity index (χ3v) is 1.76. The van der Waals surface area contributed by atoms with E-state index in [1.54, 1.807) is 0 Å². The van der Waals surface area contributed by atoms with Crippen LogP contribution < -0.4 is 0 Å². The first-order chi connectivity index (χ1) is 5.52. The van der Waals surface area contributed by atoms with E-state index in [0.29, 0.717) is 0 Å². The van der Waals surface area contributed by atoms with E-state index < -0.39 is 10.6 Å². The van der Waals surface area contributed by atoms with E-state index in [4.69, 9.17) is 28.3 Å². The summed E-state index contributed by atoms with van der Waals surface area (Å²) in [6, 6.07) is 2.12. The second-order valence-electron chi connectivity index (χ2n) is 2.02. The van der Waals surface area contributed by atoms with Gasteiger partial charge in [-0.3, -0.25) is 10.1 Å². The summed E-state index contributed by atoms with van der Waals surface area (Å²) in [5.41, 5.74) is -0.392. The van der Waals surface area contributed by atoms with E-state index in [2.05, 4.69) is 0 Å². The maximum absolute atomic E-state index is 10.3. The van der Waals surface area contributed by atoms with E-state index in [9.17, 15) is 10.1 Å². The second-order valence-corrected chi connectivity index (χ2v) is 2.83. The quantitative estimate of drug-likeness (QED) is 0.569. The molecule has 4 nitrogen and oxygen atoms in total. The Morgan fingerprint density at radius 2 is 1.75 bits per heavy atom. The van der Waals surface area contributed by atoms with Gasteiger partial charge in [-0.25, -0.2) is 0 Å². The minimum Gasteiger partial charge on any atom is -0.508 e. The molecule has 1 N–H and O–H groups in total. The number of benzene rings is 1. The smallest absolute Gasteiger partial charge is 0.306 e. The Morgan fingerprint density at radius 1 is 1.33 bits per heavy atom. The number of nitrogens with zero attached hydrogens (tertiary/aromatic N) is 1. The molecule has 0 spiro atoms. The van der Waals surface area contributed by atoms with E-state index in [1.807, 2.05) is 0 Å². The van der Waals surface area contributed by atoms with Gasteiger partial charge in [0.2, 0.25) is 0 Å². The minimum absolute atomic E-state index is 0.176. The maximum atomic E-state index is 10.3. The predicted molar refractivity (Wildman–Crippen MR) is 44.8 cm³/mol. The van der Waals surface area contributed by atoms with Crippen molar-refractivity contribution < 1.29 is 10.0 Å². The van der Waals surface area contributed by atoms with Gasteiger partial charge < -0.3 is 5.11 Å². The molecule has 0 aliphatic heterocycles. The van der Waals surface area contributed by atoms with Gasteiger partial charge in [-0.1, -0.05) is 23.2 Å². The van der Waals surface area contributed by atoms with Gasteiger partial charge in [-0.05, 0) is 0 Å². The van der Waals surface area contributed by atoms with Crippen LogP contribution in [-0.2, 0) is 0 Å². The molecule has 64 valence electrons. The minimum atomic E-state index is -0.704. The Morgan fingerprint density at radius 3 is 2.08 bits per heavy atom. The lowest BCUT2D eigenvalue weighted by Gasteiger charge is -1.98. The summed E-state index contributed by atoms with van der Waals surface area (Å²) in [7, 11) is 0. The Balaban J connectivity index is 3.38. The van der Waals surface area contributed by atoms with Crippen molar-refractivity contribution in [3.63, 3.8) is 0 Å². The topological polar surface area (TPSA) is 63.4 Å². The molecule has 0 aromatic heterocycles. The van der Waals surface area contributed by atoms with Crippen molar-refractivity contribution in [1.29, 1.82) is 0 Å². The van der Waals surface area contributed by atoms with Crippen molar-refractivity contribution in [1.82, 2.24) is 0 Å². The van der Waals surface area contributed by atoms with E-state index in [-0.39, 0.29) is 15.8 Å². The van der Waals surface area contributed by atoms with E-state index in [1.165, 1.54) is 0 Å². The highest BCUT2D eigenvalue weighted by Crippen LogP contribution is 2.35. The average Bonchev–Trinajstić information content (AvgIpc) is 1.82. The standard InChI is InChI=1S/C6H3Cl2NO3/c7-4-1-3(10)2-5(8)6(4)9(11)12/h1-2,10H. The molecule has 0 aliphatic carbocycles. The zero-order chi connectivity index (χ0) is 9.30. The van der Waals surface area contributed by atoms with E-state index >= 15 is 0 Å². The third kappa shape index (κ3) is 1.60. The zero-order valence-electron chi connectivity index (χ0n) is 5.62. The highest BCUT2D eigenvalue weighted by Gasteiger charge is 2.18. The van der Waals surface area contributed by atoms with Crippen LogP contribution in [0, 0.1) is 10.1 Å². The van der Waals surface area contributed by atoms with Crippen molar-refractivity contribution in [3.8, 4) is 5.75 Å². The number of phenols is 1. The number of halogens is 2. The Hall–Kier alpha value is -1.00. The van der Waals surface area contributed by atoms with Crippen molar-refractivity contribution in [2.24, 2.45) is 0 Å². The molecule has 0 heterocycles. The van der Waals surface area contributed by atoms with Crippen molar-refractivity contribution in [2.45, 2.75) is 0 Å². The molecule has 1 aromatic carbocycles. The second kappa shape index (κ2) is 3.16. The van der Waals surface area contributed by atoms with Gasteiger partial charge in [-0.2, -0.15) is 0 Å². The first-order valence-electron chi connectivity index (χ1n) is 2.85. The number of hydrogen-bond acceptors (Lipinski definition) is 3. The van der Waals surface area contributed by atoms with Crippen LogP contribution in [0.4, 0.5) is 5.69 Å². The van der Waals surface area contributed by atoms with Gasteiger partial charge in [0.25, 0.3) is 0 Å². The molecule has 0 atom stereocenters. The van der Waals surface area contributed by atoms with Crippen LogP contribution in [0.1, 0.15) is 0 Å². The van der Waals surface area contributed by atoms with Crippen LogP contribution in [-0.4, -0.2) is 10.0 Å². The summed E-state index contributed by atoms with van der Waals surface area (Å²) in [5.74, 6) is -0.199. The SMILES string of the molecule is O=[N+]([O-])c1c(Cl)cc(O)cc1Cl. The first-order valence-corrected chi connectivity index (χ1v) is 3.60. The fourth-order valence-electron chi connectivity index (χ4n) is 0.727. The van der Waals surface area contributed by atoms with Gasteiger partial charge >= 0.3 is 5.69 Å². The Bertz CT molecular complexity index is 317. The fourth-order valence-corrected chi connectivity index (χ4v) is 1.34. The first kappa shape index (κ1) is 9.09. The van der Waals surface area contributed by atoms with Crippen molar-refractivity contribution in [3.05, 3.63) is 32.3 Å². The number of hydrogen-bond donors (Lipinski definition) is 1. The number of aromatic hydroxyl groups is 1. The van der Waals surface area contributed by atoms with Crippen LogP contribution >= 0.6 is 23.2 Å². The molecular weight excluding hydrogens is 205 g/mol. The summed E-state index contributed by atoms with van der Waals surface area (Å²) >= 11 is 10.9. The van der Waals surface area contributed by atoms with Gasteiger partial charge in [0, 0.05) is 12.1 Å². The maximum Gasteiger partial charge on any atom is 0.306 e. The van der Waals surface area contributed by atoms with Crippen LogP contribution in [0.3, 0.4) is 0 Å². The molecule has 12 heavy (non-hydrogen) atoms. The lowest BCUT2D eigenvalue weighted by molar-refractivity contribution is -0.384. The number of nitro groups is 1. The summed E-state index contributed by atoms with van der Waals surface area (Å²) in [4.78, 5) is 9.60. The largest absolute Gasteiger partial charge is 0.508 e. The van der Waals surface area contributed by atoms with Gasteiger partial charge in [0.15, 0.2) is 0 Å². The molecule has 0 saturated heterocycles. The normalized spacial score (nSPS) is 9.83. The summed E-state index contributed by atoms with van der Waals surface area (Å²) in [6.07, 6.45) is 0. The van der Waals surface area contributed by atoms with Crippen molar-refractivity contribution >= 4 is 28.9 Å². The van der Waals surface area contributed by atoms with Crippen LogP contribution in [0.2, 0.25) is 10.0 Å². The lowest BCUT2D eigenvalue weighted by atomic mass is 10.3. The fraction of sp³-hybridized carbons (Fsp3) is 0. The van der Waals surface area contributed by atoms with Gasteiger partial charge in [0.05, 0.1) is 4.92 Å². The van der Waals surface area contributed by atoms with Crippen LogP contribution in [0.5, 0.6) is 5.75 Å². The molecule has 0 amide bonds. The molecule has 1 aromatic rings. The molecule has 0 saturated carbocycles. The van der Waals surface area contributed by atoms with Gasteiger partial charge in [-0.15, -0.1) is 0 Å². The average molecular weight is 208 g/mol. The summed E-state index contributed by atoms with van der Waals surface area (Å²) < 4.78 is 0. The molecule has 0 radical (unpaired) electrons. The molecule has 6 heteroatoms. The van der Waals surface area contributed by atoms with Crippen molar-refractivity contribution in [2.75, 3.05) is 0 Å². The lowest BCUT2D eigenvalue weighted by Crippen LogP contribution is -1.89. The van der Waals surface area contributed by atoms with E-state index in [0.717, 1.165) is 12.1 Å². The monoisotopic (exact) mass is 207 g/mol. The summed E-state index contributed by atoms with van der Waals surface area (Å²) in [5, 5.41) is 18.9. The third-order valence-electron chi connectivity index (χ3n) is 1.18. The number of phenolic OH excluding ortho intramolecular Hbond substituents is 1. The number of nitro benzene ring substituents is 1. The highest BCUT2D eigenvalue weighted by molar-refractivity contribution is 6.38. The van der Waals surface area contributed by atoms with Crippen LogP contribution in [0.15, 0.2) is 12.1 Å². The Kier molecular flexibility index (Phi) is 2.40. The zero-order valence-corrected chi connectivity index (χ0v) is 7.13. The molecule has 1 rings (SSSR count). The predicted octanol–water partition coefficient (Wildman–Crippen LogP) is 2.61. The molecular formula is C6H3Cl2NO3.